The number of esters is 3. The van der Waals surface area contributed by atoms with Crippen LogP contribution >= 0.6 is 0 Å². The molecule has 0 amide bonds. The van der Waals surface area contributed by atoms with Crippen LogP contribution < -0.4 is 10.5 Å². The SMILES string of the molecule is CCCC(=O)O[C@@H]1[C@@H](OC(=O)CCC)[C@H](Oc2ccc(N)cc2C(=O)O)OC[C@H]1OC(=O)CCC. The number of benzene rings is 1. The minimum absolute atomic E-state index is 0.0708. The first-order valence-corrected chi connectivity index (χ1v) is 11.7. The number of carbonyl (C=O) groups is 4. The quantitative estimate of drug-likeness (QED) is 0.249. The van der Waals surface area contributed by atoms with Gasteiger partial charge in [0.1, 0.15) is 11.3 Å². The first-order valence-electron chi connectivity index (χ1n) is 11.7. The number of ether oxygens (including phenoxy) is 5. The maximum atomic E-state index is 12.4. The molecule has 0 aliphatic carbocycles. The lowest BCUT2D eigenvalue weighted by molar-refractivity contribution is -0.261. The zero-order chi connectivity index (χ0) is 26.0. The van der Waals surface area contributed by atoms with Crippen LogP contribution in [-0.4, -0.2) is 60.2 Å². The second-order valence-electron chi connectivity index (χ2n) is 8.07. The Morgan fingerprint density at radius 3 is 2.00 bits per heavy atom. The Bertz CT molecular complexity index is 902. The minimum atomic E-state index is -1.35. The molecule has 11 nitrogen and oxygen atoms in total. The van der Waals surface area contributed by atoms with Crippen molar-refractivity contribution in [2.45, 2.75) is 83.9 Å². The van der Waals surface area contributed by atoms with E-state index in [4.69, 9.17) is 29.4 Å². The molecule has 4 atom stereocenters. The molecule has 0 spiro atoms. The van der Waals surface area contributed by atoms with Gasteiger partial charge >= 0.3 is 23.9 Å². The van der Waals surface area contributed by atoms with E-state index in [1.165, 1.54) is 18.2 Å². The van der Waals surface area contributed by atoms with E-state index >= 15 is 0 Å². The fourth-order valence-corrected chi connectivity index (χ4v) is 3.42. The molecule has 0 saturated carbocycles. The van der Waals surface area contributed by atoms with Crippen molar-refractivity contribution in [3.8, 4) is 5.75 Å². The van der Waals surface area contributed by atoms with Crippen molar-refractivity contribution in [3.05, 3.63) is 23.8 Å². The summed E-state index contributed by atoms with van der Waals surface area (Å²) in [6, 6.07) is 4.00. The van der Waals surface area contributed by atoms with Gasteiger partial charge in [-0.1, -0.05) is 20.8 Å². The number of nitrogens with two attached hydrogens (primary N) is 1. The number of aromatic carboxylic acids is 1. The molecule has 1 aliphatic rings. The van der Waals surface area contributed by atoms with Gasteiger partial charge in [0.05, 0.1) is 6.61 Å². The predicted molar refractivity (Wildman–Crippen MR) is 123 cm³/mol. The van der Waals surface area contributed by atoms with Crippen molar-refractivity contribution in [2.75, 3.05) is 12.3 Å². The highest BCUT2D eigenvalue weighted by Crippen LogP contribution is 2.30. The molecule has 0 radical (unpaired) electrons. The number of nitrogen functional groups attached to an aromatic ring is 1. The third-order valence-electron chi connectivity index (χ3n) is 5.04. The Hall–Kier alpha value is -3.34. The second kappa shape index (κ2) is 13.5. The fraction of sp³-hybridized carbons (Fsp3) is 0.583. The molecule has 1 saturated heterocycles. The summed E-state index contributed by atoms with van der Waals surface area (Å²) >= 11 is 0. The molecule has 1 aliphatic heterocycles. The highest BCUT2D eigenvalue weighted by atomic mass is 16.7. The first-order chi connectivity index (χ1) is 16.7. The molecule has 1 fully saturated rings. The molecule has 0 aromatic heterocycles. The van der Waals surface area contributed by atoms with Crippen LogP contribution in [-0.2, 0) is 33.3 Å². The van der Waals surface area contributed by atoms with E-state index in [9.17, 15) is 24.3 Å². The standard InChI is InChI=1S/C24H33NO10/c1-4-7-18(26)32-17-13-31-24(33-16-11-10-14(25)12-15(16)23(29)30)22(35-20(28)9-6-3)21(17)34-19(27)8-5-2/h10-12,17,21-22,24H,4-9,13,25H2,1-3H3,(H,29,30)/t17-,21+,22-,24+/m1/s1. The zero-order valence-electron chi connectivity index (χ0n) is 20.2. The molecule has 2 rings (SSSR count). The van der Waals surface area contributed by atoms with Crippen molar-refractivity contribution in [1.82, 2.24) is 0 Å². The predicted octanol–water partition coefficient (Wildman–Crippen LogP) is 2.84. The topological polar surface area (TPSA) is 161 Å². The lowest BCUT2D eigenvalue weighted by Gasteiger charge is -2.40. The van der Waals surface area contributed by atoms with Gasteiger partial charge in [-0.25, -0.2) is 4.79 Å². The number of hydrogen-bond acceptors (Lipinski definition) is 10. The maximum Gasteiger partial charge on any atom is 0.339 e. The van der Waals surface area contributed by atoms with Crippen molar-refractivity contribution in [3.63, 3.8) is 0 Å². The summed E-state index contributed by atoms with van der Waals surface area (Å²) in [7, 11) is 0. The molecular formula is C24H33NO10. The highest BCUT2D eigenvalue weighted by Gasteiger charge is 2.49. The van der Waals surface area contributed by atoms with Gasteiger partial charge in [-0.2, -0.15) is 0 Å². The molecule has 11 heteroatoms. The van der Waals surface area contributed by atoms with Crippen molar-refractivity contribution in [1.29, 1.82) is 0 Å². The molecule has 3 N–H and O–H groups in total. The molecule has 1 heterocycles. The van der Waals surface area contributed by atoms with E-state index in [1.807, 2.05) is 6.92 Å². The number of carbonyl (C=O) groups excluding carboxylic acids is 3. The van der Waals surface area contributed by atoms with Gasteiger partial charge in [0.2, 0.25) is 12.4 Å². The summed E-state index contributed by atoms with van der Waals surface area (Å²) in [5, 5.41) is 9.53. The van der Waals surface area contributed by atoms with Gasteiger partial charge in [-0.05, 0) is 37.5 Å². The third kappa shape index (κ3) is 8.13. The lowest BCUT2D eigenvalue weighted by atomic mass is 10.0. The van der Waals surface area contributed by atoms with Crippen LogP contribution in [0.4, 0.5) is 5.69 Å². The Labute approximate surface area is 203 Å². The van der Waals surface area contributed by atoms with E-state index in [-0.39, 0.29) is 42.9 Å². The monoisotopic (exact) mass is 495 g/mol. The number of carboxylic acids is 1. The Balaban J connectivity index is 2.41. The summed E-state index contributed by atoms with van der Waals surface area (Å²) in [5.41, 5.74) is 5.67. The van der Waals surface area contributed by atoms with E-state index < -0.39 is 48.5 Å². The Kier molecular flexibility index (Phi) is 10.8. The first kappa shape index (κ1) is 27.9. The molecular weight excluding hydrogens is 462 g/mol. The van der Waals surface area contributed by atoms with Gasteiger partial charge in [0.15, 0.2) is 12.2 Å². The van der Waals surface area contributed by atoms with E-state index in [0.29, 0.717) is 19.3 Å². The van der Waals surface area contributed by atoms with Crippen LogP contribution in [0.15, 0.2) is 18.2 Å². The van der Waals surface area contributed by atoms with Crippen LogP contribution in [0.25, 0.3) is 0 Å². The molecule has 1 aromatic rings. The fourth-order valence-electron chi connectivity index (χ4n) is 3.42. The van der Waals surface area contributed by atoms with Crippen LogP contribution in [0.1, 0.15) is 69.7 Å². The largest absolute Gasteiger partial charge is 0.478 e. The van der Waals surface area contributed by atoms with Crippen LogP contribution in [0.5, 0.6) is 5.75 Å². The van der Waals surface area contributed by atoms with Crippen LogP contribution in [0.2, 0.25) is 0 Å². The Morgan fingerprint density at radius 2 is 1.46 bits per heavy atom. The van der Waals surface area contributed by atoms with E-state index in [0.717, 1.165) is 0 Å². The number of rotatable bonds is 12. The van der Waals surface area contributed by atoms with Gasteiger partial charge in [-0.3, -0.25) is 14.4 Å². The summed E-state index contributed by atoms with van der Waals surface area (Å²) < 4.78 is 28.1. The Morgan fingerprint density at radius 1 is 0.914 bits per heavy atom. The highest BCUT2D eigenvalue weighted by molar-refractivity contribution is 5.92. The summed E-state index contributed by atoms with van der Waals surface area (Å²) in [6.45, 7) is 5.16. The van der Waals surface area contributed by atoms with Gasteiger partial charge in [0, 0.05) is 24.9 Å². The number of carboxylic acid groups (broad SMARTS) is 1. The second-order valence-corrected chi connectivity index (χ2v) is 8.07. The van der Waals surface area contributed by atoms with E-state index in [1.54, 1.807) is 13.8 Å². The normalized spacial score (nSPS) is 21.6. The third-order valence-corrected chi connectivity index (χ3v) is 5.04. The maximum absolute atomic E-state index is 12.4. The lowest BCUT2D eigenvalue weighted by Crippen LogP contribution is -2.59. The van der Waals surface area contributed by atoms with Crippen molar-refractivity contribution < 1.29 is 48.0 Å². The van der Waals surface area contributed by atoms with Gasteiger partial charge in [-0.15, -0.1) is 0 Å². The smallest absolute Gasteiger partial charge is 0.339 e. The van der Waals surface area contributed by atoms with Crippen molar-refractivity contribution >= 4 is 29.6 Å². The van der Waals surface area contributed by atoms with E-state index in [2.05, 4.69) is 0 Å². The molecule has 194 valence electrons. The molecule has 35 heavy (non-hydrogen) atoms. The summed E-state index contributed by atoms with van der Waals surface area (Å²) in [4.78, 5) is 48.7. The van der Waals surface area contributed by atoms with Crippen LogP contribution in [0, 0.1) is 0 Å². The van der Waals surface area contributed by atoms with Gasteiger partial charge < -0.3 is 34.5 Å². The van der Waals surface area contributed by atoms with Crippen LogP contribution in [0.3, 0.4) is 0 Å². The average molecular weight is 496 g/mol. The number of anilines is 1. The average Bonchev–Trinajstić information content (AvgIpc) is 2.79. The number of hydrogen-bond donors (Lipinski definition) is 2. The van der Waals surface area contributed by atoms with Crippen molar-refractivity contribution in [2.24, 2.45) is 0 Å². The minimum Gasteiger partial charge on any atom is -0.478 e. The molecule has 1 aromatic carbocycles. The molecule has 0 bridgehead atoms. The zero-order valence-corrected chi connectivity index (χ0v) is 20.2. The summed E-state index contributed by atoms with van der Waals surface area (Å²) in [5.74, 6) is -3.09. The summed E-state index contributed by atoms with van der Waals surface area (Å²) in [6.07, 6.45) is -3.11. The molecule has 0 unspecified atom stereocenters. The van der Waals surface area contributed by atoms with Gasteiger partial charge in [0.25, 0.3) is 0 Å².